The first kappa shape index (κ1) is 11.7. The number of hydrogen-bond acceptors (Lipinski definition) is 2. The van der Waals surface area contributed by atoms with Crippen LogP contribution in [0.2, 0.25) is 0 Å². The van der Waals surface area contributed by atoms with Crippen molar-refractivity contribution < 1.29 is 0 Å². The van der Waals surface area contributed by atoms with Crippen LogP contribution >= 0.6 is 0 Å². The van der Waals surface area contributed by atoms with Crippen LogP contribution in [0, 0.1) is 20.8 Å². The van der Waals surface area contributed by atoms with Gasteiger partial charge in [0.25, 0.3) is 0 Å². The molecule has 0 unspecified atom stereocenters. The molecule has 0 saturated heterocycles. The molecule has 1 aromatic heterocycles. The first-order valence-corrected chi connectivity index (χ1v) is 5.86. The topological polar surface area (TPSA) is 29.9 Å². The number of anilines is 1. The quantitative estimate of drug-likeness (QED) is 0.877. The van der Waals surface area contributed by atoms with Crippen LogP contribution in [0.25, 0.3) is 0 Å². The molecule has 0 aliphatic rings. The van der Waals surface area contributed by atoms with Crippen molar-refractivity contribution in [2.75, 3.05) is 5.32 Å². The summed E-state index contributed by atoms with van der Waals surface area (Å²) in [6.45, 7) is 7.05. The highest BCUT2D eigenvalue weighted by Crippen LogP contribution is 2.15. The zero-order valence-corrected chi connectivity index (χ0v) is 10.9. The van der Waals surface area contributed by atoms with Crippen LogP contribution in [0.5, 0.6) is 0 Å². The molecule has 0 bridgehead atoms. The van der Waals surface area contributed by atoms with Gasteiger partial charge in [-0.15, -0.1) is 0 Å². The van der Waals surface area contributed by atoms with Crippen molar-refractivity contribution in [2.45, 2.75) is 27.3 Å². The van der Waals surface area contributed by atoms with Crippen LogP contribution in [0.4, 0.5) is 5.69 Å². The van der Waals surface area contributed by atoms with E-state index in [0.29, 0.717) is 0 Å². The largest absolute Gasteiger partial charge is 0.379 e. The van der Waals surface area contributed by atoms with E-state index in [9.17, 15) is 0 Å². The Morgan fingerprint density at radius 2 is 1.71 bits per heavy atom. The summed E-state index contributed by atoms with van der Waals surface area (Å²) in [5, 5.41) is 7.77. The fourth-order valence-electron chi connectivity index (χ4n) is 2.10. The highest BCUT2D eigenvalue weighted by molar-refractivity contribution is 5.48. The Hall–Kier alpha value is -1.77. The number of aryl methyl sites for hydroxylation is 4. The Labute approximate surface area is 102 Å². The summed E-state index contributed by atoms with van der Waals surface area (Å²) < 4.78 is 1.92. The van der Waals surface area contributed by atoms with Gasteiger partial charge in [0, 0.05) is 12.7 Å². The van der Waals surface area contributed by atoms with Crippen LogP contribution in [0.3, 0.4) is 0 Å². The first-order valence-electron chi connectivity index (χ1n) is 5.86. The summed E-state index contributed by atoms with van der Waals surface area (Å²) in [6.07, 6.45) is 0. The molecular weight excluding hydrogens is 210 g/mol. The Kier molecular flexibility index (Phi) is 3.18. The van der Waals surface area contributed by atoms with Crippen molar-refractivity contribution in [1.29, 1.82) is 0 Å². The van der Waals surface area contributed by atoms with Gasteiger partial charge >= 0.3 is 0 Å². The van der Waals surface area contributed by atoms with Crippen molar-refractivity contribution in [3.8, 4) is 0 Å². The zero-order chi connectivity index (χ0) is 12.4. The molecule has 0 saturated carbocycles. The van der Waals surface area contributed by atoms with E-state index in [1.807, 2.05) is 18.7 Å². The molecule has 0 atom stereocenters. The molecule has 1 heterocycles. The monoisotopic (exact) mass is 229 g/mol. The molecule has 0 spiro atoms. The molecule has 2 rings (SSSR count). The Morgan fingerprint density at radius 3 is 2.24 bits per heavy atom. The smallest absolute Gasteiger partial charge is 0.0597 e. The minimum absolute atomic E-state index is 0.806. The number of nitrogens with zero attached hydrogens (tertiary/aromatic N) is 2. The van der Waals surface area contributed by atoms with Gasteiger partial charge < -0.3 is 5.32 Å². The van der Waals surface area contributed by atoms with Gasteiger partial charge in [0.2, 0.25) is 0 Å². The number of aromatic nitrogens is 2. The van der Waals surface area contributed by atoms with Gasteiger partial charge in [-0.1, -0.05) is 6.07 Å². The summed E-state index contributed by atoms with van der Waals surface area (Å²) in [5.74, 6) is 0. The number of rotatable bonds is 3. The molecule has 3 heteroatoms. The number of hydrogen-bond donors (Lipinski definition) is 1. The van der Waals surface area contributed by atoms with Gasteiger partial charge in [0.05, 0.1) is 17.9 Å². The SMILES string of the molecule is Cc1cc(C)cc(NCc2cc(C)nn2C)c1. The predicted octanol–water partition coefficient (Wildman–Crippen LogP) is 2.96. The second kappa shape index (κ2) is 4.62. The van der Waals surface area contributed by atoms with Crippen LogP contribution in [0.1, 0.15) is 22.5 Å². The standard InChI is InChI=1S/C14H19N3/c1-10-5-11(2)7-13(6-10)15-9-14-8-12(3)16-17(14)4/h5-8,15H,9H2,1-4H3. The van der Waals surface area contributed by atoms with Gasteiger partial charge in [0.15, 0.2) is 0 Å². The summed E-state index contributed by atoms with van der Waals surface area (Å²) in [7, 11) is 1.98. The first-order chi connectivity index (χ1) is 8.04. The lowest BCUT2D eigenvalue weighted by atomic mass is 10.1. The minimum Gasteiger partial charge on any atom is -0.379 e. The van der Waals surface area contributed by atoms with E-state index >= 15 is 0 Å². The van der Waals surface area contributed by atoms with Gasteiger partial charge in [-0.3, -0.25) is 4.68 Å². The summed E-state index contributed by atoms with van der Waals surface area (Å²) in [5.41, 5.74) is 6.00. The molecule has 17 heavy (non-hydrogen) atoms. The highest BCUT2D eigenvalue weighted by Gasteiger charge is 2.02. The summed E-state index contributed by atoms with van der Waals surface area (Å²) >= 11 is 0. The van der Waals surface area contributed by atoms with Crippen LogP contribution in [0.15, 0.2) is 24.3 Å². The maximum absolute atomic E-state index is 4.34. The molecule has 2 aromatic rings. The van der Waals surface area contributed by atoms with E-state index in [2.05, 4.69) is 48.5 Å². The lowest BCUT2D eigenvalue weighted by molar-refractivity contribution is 0.713. The Bertz CT molecular complexity index is 506. The van der Waals surface area contributed by atoms with E-state index in [1.165, 1.54) is 22.5 Å². The van der Waals surface area contributed by atoms with Crippen molar-refractivity contribution in [3.05, 3.63) is 46.8 Å². The van der Waals surface area contributed by atoms with Crippen molar-refractivity contribution in [1.82, 2.24) is 9.78 Å². The molecule has 1 aromatic carbocycles. The Morgan fingerprint density at radius 1 is 1.06 bits per heavy atom. The minimum atomic E-state index is 0.806. The van der Waals surface area contributed by atoms with E-state index in [4.69, 9.17) is 0 Å². The molecule has 0 amide bonds. The third-order valence-electron chi connectivity index (χ3n) is 2.79. The normalized spacial score (nSPS) is 10.6. The third kappa shape index (κ3) is 2.87. The van der Waals surface area contributed by atoms with Crippen molar-refractivity contribution in [3.63, 3.8) is 0 Å². The molecular formula is C14H19N3. The second-order valence-electron chi connectivity index (χ2n) is 4.63. The number of nitrogens with one attached hydrogen (secondary N) is 1. The van der Waals surface area contributed by atoms with Crippen molar-refractivity contribution in [2.24, 2.45) is 7.05 Å². The molecule has 0 aliphatic carbocycles. The van der Waals surface area contributed by atoms with Crippen LogP contribution < -0.4 is 5.32 Å². The fraction of sp³-hybridized carbons (Fsp3) is 0.357. The third-order valence-corrected chi connectivity index (χ3v) is 2.79. The summed E-state index contributed by atoms with van der Waals surface area (Å²) in [6, 6.07) is 8.61. The van der Waals surface area contributed by atoms with E-state index in [-0.39, 0.29) is 0 Å². The molecule has 1 N–H and O–H groups in total. The van der Waals surface area contributed by atoms with Gasteiger partial charge in [-0.25, -0.2) is 0 Å². The number of benzene rings is 1. The van der Waals surface area contributed by atoms with E-state index < -0.39 is 0 Å². The lowest BCUT2D eigenvalue weighted by Crippen LogP contribution is -2.05. The zero-order valence-electron chi connectivity index (χ0n) is 10.9. The lowest BCUT2D eigenvalue weighted by Gasteiger charge is -2.08. The van der Waals surface area contributed by atoms with Crippen LogP contribution in [-0.4, -0.2) is 9.78 Å². The van der Waals surface area contributed by atoms with Crippen molar-refractivity contribution >= 4 is 5.69 Å². The average Bonchev–Trinajstić information content (AvgIpc) is 2.53. The average molecular weight is 229 g/mol. The molecule has 0 radical (unpaired) electrons. The van der Waals surface area contributed by atoms with E-state index in [1.54, 1.807) is 0 Å². The second-order valence-corrected chi connectivity index (χ2v) is 4.63. The van der Waals surface area contributed by atoms with Gasteiger partial charge in [-0.2, -0.15) is 5.10 Å². The molecule has 90 valence electrons. The fourth-order valence-corrected chi connectivity index (χ4v) is 2.10. The van der Waals surface area contributed by atoms with E-state index in [0.717, 1.165) is 12.2 Å². The maximum Gasteiger partial charge on any atom is 0.0597 e. The van der Waals surface area contributed by atoms with Gasteiger partial charge in [0.1, 0.15) is 0 Å². The van der Waals surface area contributed by atoms with Crippen LogP contribution in [-0.2, 0) is 13.6 Å². The molecule has 3 nitrogen and oxygen atoms in total. The maximum atomic E-state index is 4.34. The summed E-state index contributed by atoms with van der Waals surface area (Å²) in [4.78, 5) is 0. The highest BCUT2D eigenvalue weighted by atomic mass is 15.3. The molecule has 0 aliphatic heterocycles. The Balaban J connectivity index is 2.09. The molecule has 0 fully saturated rings. The van der Waals surface area contributed by atoms with Gasteiger partial charge in [-0.05, 0) is 50.1 Å². The predicted molar refractivity (Wildman–Crippen MR) is 71.2 cm³/mol.